The minimum Gasteiger partial charge on any atom is -0.454 e. The Morgan fingerprint density at radius 1 is 1.27 bits per heavy atom. The Morgan fingerprint density at radius 3 is 2.50 bits per heavy atom. The summed E-state index contributed by atoms with van der Waals surface area (Å²) in [5, 5.41) is 6.01. The molecule has 138 valence electrons. The van der Waals surface area contributed by atoms with Crippen molar-refractivity contribution in [2.24, 2.45) is 23.7 Å². The van der Waals surface area contributed by atoms with Crippen LogP contribution in [0.4, 0.5) is 5.82 Å². The number of likely N-dealkylation sites (tertiary alicyclic amines) is 1. The summed E-state index contributed by atoms with van der Waals surface area (Å²) < 4.78 is 9.69. The highest BCUT2D eigenvalue weighted by Crippen LogP contribution is 2.56. The maximum absolute atomic E-state index is 12.5. The molecule has 0 radical (unpaired) electrons. The molecule has 0 aromatic carbocycles. The quantitative estimate of drug-likeness (QED) is 0.599. The minimum atomic E-state index is -0.787. The van der Waals surface area contributed by atoms with E-state index in [-0.39, 0.29) is 41.3 Å². The molecule has 9 nitrogen and oxygen atoms in total. The van der Waals surface area contributed by atoms with Crippen molar-refractivity contribution in [2.75, 3.05) is 18.5 Å². The molecule has 26 heavy (non-hydrogen) atoms. The summed E-state index contributed by atoms with van der Waals surface area (Å²) in [6.45, 7) is 0.702. The first-order valence-corrected chi connectivity index (χ1v) is 8.68. The molecule has 2 aliphatic carbocycles. The van der Waals surface area contributed by atoms with Crippen molar-refractivity contribution >= 4 is 29.5 Å². The van der Waals surface area contributed by atoms with Crippen molar-refractivity contribution in [3.05, 3.63) is 11.8 Å². The number of imide groups is 1. The highest BCUT2D eigenvalue weighted by atomic mass is 16.5. The molecule has 3 aliphatic rings. The van der Waals surface area contributed by atoms with Crippen LogP contribution in [0.5, 0.6) is 0 Å². The molecule has 1 aromatic rings. The number of carbonyl (C=O) groups is 4. The fraction of sp³-hybridized carbons (Fsp3) is 0.588. The zero-order chi connectivity index (χ0) is 18.4. The van der Waals surface area contributed by atoms with Crippen LogP contribution in [-0.2, 0) is 23.9 Å². The van der Waals surface area contributed by atoms with Crippen LogP contribution in [0, 0.1) is 30.6 Å². The van der Waals surface area contributed by atoms with Gasteiger partial charge in [-0.1, -0.05) is 5.16 Å². The van der Waals surface area contributed by atoms with Gasteiger partial charge in [-0.05, 0) is 38.0 Å². The number of esters is 1. The Morgan fingerprint density at radius 2 is 1.92 bits per heavy atom. The van der Waals surface area contributed by atoms with Gasteiger partial charge >= 0.3 is 5.97 Å². The molecule has 0 unspecified atom stereocenters. The Hall–Kier alpha value is -2.71. The number of ether oxygens (including phenoxy) is 1. The predicted octanol–water partition coefficient (Wildman–Crippen LogP) is 0.496. The van der Waals surface area contributed by atoms with Gasteiger partial charge in [-0.2, -0.15) is 0 Å². The maximum Gasteiger partial charge on any atom is 0.326 e. The molecule has 2 saturated carbocycles. The summed E-state index contributed by atoms with van der Waals surface area (Å²) in [5.41, 5.74) is 0. The number of hydrogen-bond donors (Lipinski definition) is 1. The summed E-state index contributed by atoms with van der Waals surface area (Å²) in [6, 6.07) is 1.52. The lowest BCUT2D eigenvalue weighted by molar-refractivity contribution is -0.154. The monoisotopic (exact) mass is 361 g/mol. The first-order chi connectivity index (χ1) is 12.4. The van der Waals surface area contributed by atoms with E-state index in [9.17, 15) is 19.2 Å². The highest BCUT2D eigenvalue weighted by molar-refractivity contribution is 6.07. The third-order valence-electron chi connectivity index (χ3n) is 5.57. The lowest BCUT2D eigenvalue weighted by Crippen LogP contribution is -2.38. The molecular formula is C17H19N3O6. The Kier molecular flexibility index (Phi) is 4.01. The second kappa shape index (κ2) is 6.22. The van der Waals surface area contributed by atoms with Gasteiger partial charge in [0.25, 0.3) is 5.91 Å². The number of hydrogen-bond acceptors (Lipinski definition) is 7. The van der Waals surface area contributed by atoms with Crippen LogP contribution < -0.4 is 5.32 Å². The van der Waals surface area contributed by atoms with Crippen LogP contribution >= 0.6 is 0 Å². The Labute approximate surface area is 149 Å². The number of rotatable bonds is 5. The van der Waals surface area contributed by atoms with E-state index in [4.69, 9.17) is 9.26 Å². The average Bonchev–Trinajstić information content (AvgIpc) is 3.35. The van der Waals surface area contributed by atoms with E-state index in [1.807, 2.05) is 0 Å². The van der Waals surface area contributed by atoms with E-state index in [1.165, 1.54) is 6.07 Å². The van der Waals surface area contributed by atoms with Gasteiger partial charge in [0.1, 0.15) is 12.3 Å². The zero-order valence-corrected chi connectivity index (χ0v) is 14.3. The third-order valence-corrected chi connectivity index (χ3v) is 5.57. The van der Waals surface area contributed by atoms with Crippen LogP contribution in [0.1, 0.15) is 25.0 Å². The van der Waals surface area contributed by atoms with Crippen molar-refractivity contribution in [3.8, 4) is 0 Å². The molecule has 4 atom stereocenters. The number of fused-ring (bicyclic) bond motifs is 5. The summed E-state index contributed by atoms with van der Waals surface area (Å²) in [6.07, 6.45) is 2.89. The molecule has 0 spiro atoms. The number of nitrogens with one attached hydrogen (secondary N) is 1. The van der Waals surface area contributed by atoms with E-state index in [1.54, 1.807) is 6.92 Å². The maximum atomic E-state index is 12.5. The van der Waals surface area contributed by atoms with Gasteiger partial charge in [0.2, 0.25) is 11.8 Å². The second-order valence-electron chi connectivity index (χ2n) is 7.18. The second-order valence-corrected chi connectivity index (χ2v) is 7.18. The van der Waals surface area contributed by atoms with Crippen molar-refractivity contribution in [1.29, 1.82) is 0 Å². The van der Waals surface area contributed by atoms with Gasteiger partial charge in [0.15, 0.2) is 12.4 Å². The lowest BCUT2D eigenvalue weighted by atomic mass is 9.81. The summed E-state index contributed by atoms with van der Waals surface area (Å²) in [5.74, 6) is -1.18. The normalized spacial score (nSPS) is 29.2. The summed E-state index contributed by atoms with van der Waals surface area (Å²) >= 11 is 0. The molecule has 3 amide bonds. The molecule has 1 saturated heterocycles. The fourth-order valence-corrected chi connectivity index (χ4v) is 4.55. The van der Waals surface area contributed by atoms with E-state index >= 15 is 0 Å². The van der Waals surface area contributed by atoms with Gasteiger partial charge in [-0.3, -0.25) is 24.1 Å². The number of amides is 3. The van der Waals surface area contributed by atoms with Crippen molar-refractivity contribution in [2.45, 2.75) is 26.2 Å². The molecule has 1 aromatic heterocycles. The number of aryl methyl sites for hydroxylation is 1. The van der Waals surface area contributed by atoms with Gasteiger partial charge in [0, 0.05) is 6.07 Å². The summed E-state index contributed by atoms with van der Waals surface area (Å²) in [7, 11) is 0. The summed E-state index contributed by atoms with van der Waals surface area (Å²) in [4.78, 5) is 49.7. The van der Waals surface area contributed by atoms with Crippen molar-refractivity contribution in [1.82, 2.24) is 10.1 Å². The number of aromatic nitrogens is 1. The molecule has 3 fully saturated rings. The fourth-order valence-electron chi connectivity index (χ4n) is 4.55. The smallest absolute Gasteiger partial charge is 0.326 e. The highest BCUT2D eigenvalue weighted by Gasteiger charge is 2.61. The van der Waals surface area contributed by atoms with Gasteiger partial charge in [-0.15, -0.1) is 0 Å². The van der Waals surface area contributed by atoms with Crippen LogP contribution in [-0.4, -0.2) is 46.9 Å². The molecule has 4 rings (SSSR count). The van der Waals surface area contributed by atoms with E-state index < -0.39 is 25.0 Å². The number of anilines is 1. The molecule has 2 heterocycles. The minimum absolute atomic E-state index is 0.219. The standard InChI is InChI=1S/C17H19N3O6/c1-8-4-11(19-26-8)18-12(21)7-25-13(22)6-20-16(23)14-9-2-3-10(5-9)15(14)17(20)24/h4,9-10,14-15H,2-3,5-7H2,1H3,(H,18,19,21)/t9-,10+,14-,15-/m0/s1. The van der Waals surface area contributed by atoms with E-state index in [2.05, 4.69) is 10.5 Å². The van der Waals surface area contributed by atoms with Crippen LogP contribution in [0.25, 0.3) is 0 Å². The van der Waals surface area contributed by atoms with Crippen LogP contribution in [0.2, 0.25) is 0 Å². The largest absolute Gasteiger partial charge is 0.454 e. The first-order valence-electron chi connectivity index (χ1n) is 8.68. The van der Waals surface area contributed by atoms with E-state index in [0.717, 1.165) is 24.2 Å². The van der Waals surface area contributed by atoms with Crippen LogP contribution in [0.15, 0.2) is 10.6 Å². The number of nitrogens with zero attached hydrogens (tertiary/aromatic N) is 2. The molecule has 2 bridgehead atoms. The zero-order valence-electron chi connectivity index (χ0n) is 14.3. The van der Waals surface area contributed by atoms with E-state index in [0.29, 0.717) is 5.76 Å². The topological polar surface area (TPSA) is 119 Å². The molecular weight excluding hydrogens is 342 g/mol. The SMILES string of the molecule is Cc1cc(NC(=O)COC(=O)CN2C(=O)[C@H]3[C@@H]4CC[C@@H](C4)[C@@H]3C2=O)no1. The third kappa shape index (κ3) is 2.77. The molecule has 9 heteroatoms. The number of carbonyl (C=O) groups excluding carboxylic acids is 4. The van der Waals surface area contributed by atoms with Crippen LogP contribution in [0.3, 0.4) is 0 Å². The Bertz CT molecular complexity index is 759. The molecule has 1 N–H and O–H groups in total. The average molecular weight is 361 g/mol. The van der Waals surface area contributed by atoms with Gasteiger partial charge in [-0.25, -0.2) is 0 Å². The van der Waals surface area contributed by atoms with Crippen molar-refractivity contribution in [3.63, 3.8) is 0 Å². The predicted molar refractivity (Wildman–Crippen MR) is 85.4 cm³/mol. The van der Waals surface area contributed by atoms with Gasteiger partial charge in [0.05, 0.1) is 11.8 Å². The lowest BCUT2D eigenvalue weighted by Gasteiger charge is -2.19. The van der Waals surface area contributed by atoms with Gasteiger partial charge < -0.3 is 14.6 Å². The molecule has 1 aliphatic heterocycles. The Balaban J connectivity index is 1.29. The first kappa shape index (κ1) is 16.7. The van der Waals surface area contributed by atoms with Crippen molar-refractivity contribution < 1.29 is 28.4 Å².